The van der Waals surface area contributed by atoms with Crippen molar-refractivity contribution in [3.05, 3.63) is 35.9 Å². The number of aromatic nitrogens is 3. The molecule has 2 heterocycles. The van der Waals surface area contributed by atoms with E-state index in [1.807, 2.05) is 0 Å². The first-order chi connectivity index (χ1) is 8.92. The van der Waals surface area contributed by atoms with Gasteiger partial charge in [0.15, 0.2) is 0 Å². The largest absolute Gasteiger partial charge is 0.390 e. The molecule has 7 nitrogen and oxygen atoms in total. The maximum atomic E-state index is 12.1. The van der Waals surface area contributed by atoms with Crippen LogP contribution in [0.15, 0.2) is 29.4 Å². The van der Waals surface area contributed by atoms with Gasteiger partial charge in [0.1, 0.15) is 0 Å². The van der Waals surface area contributed by atoms with Crippen molar-refractivity contribution in [2.75, 3.05) is 0 Å². The Morgan fingerprint density at radius 3 is 2.68 bits per heavy atom. The van der Waals surface area contributed by atoms with E-state index >= 15 is 0 Å². The third-order valence-corrected chi connectivity index (χ3v) is 4.14. The zero-order valence-electron chi connectivity index (χ0n) is 10.7. The van der Waals surface area contributed by atoms with Crippen molar-refractivity contribution in [3.8, 4) is 0 Å². The average Bonchev–Trinajstić information content (AvgIpc) is 2.93. The van der Waals surface area contributed by atoms with Crippen LogP contribution in [0.25, 0.3) is 0 Å². The number of nitrogens with zero attached hydrogens (tertiary/aromatic N) is 3. The molecule has 8 heteroatoms. The van der Waals surface area contributed by atoms with Crippen molar-refractivity contribution in [1.82, 2.24) is 19.1 Å². The molecule has 2 aromatic heterocycles. The number of sulfonamides is 1. The molecule has 0 radical (unpaired) electrons. The smallest absolute Gasteiger partial charge is 0.242 e. The maximum Gasteiger partial charge on any atom is 0.242 e. The Labute approximate surface area is 111 Å². The van der Waals surface area contributed by atoms with Crippen LogP contribution in [0, 0.1) is 0 Å². The van der Waals surface area contributed by atoms with Crippen LogP contribution in [0.2, 0.25) is 0 Å². The minimum absolute atomic E-state index is 0.131. The Bertz CT molecular complexity index is 672. The highest BCUT2D eigenvalue weighted by Crippen LogP contribution is 2.13. The summed E-state index contributed by atoms with van der Waals surface area (Å²) in [7, 11) is -0.142. The average molecular weight is 284 g/mol. The predicted octanol–water partition coefficient (Wildman–Crippen LogP) is -0.271. The van der Waals surface area contributed by atoms with Crippen LogP contribution in [0.5, 0.6) is 0 Å². The van der Waals surface area contributed by atoms with E-state index in [0.717, 1.165) is 0 Å². The maximum absolute atomic E-state index is 12.1. The number of rotatable bonds is 5. The molecule has 19 heavy (non-hydrogen) atoms. The van der Waals surface area contributed by atoms with Gasteiger partial charge < -0.3 is 9.67 Å². The molecular weight excluding hydrogens is 268 g/mol. The number of nitrogens with one attached hydrogen (secondary N) is 1. The van der Waals surface area contributed by atoms with Crippen LogP contribution in [0.3, 0.4) is 0 Å². The molecule has 0 amide bonds. The number of hydrogen-bond acceptors (Lipinski definition) is 4. The van der Waals surface area contributed by atoms with E-state index in [9.17, 15) is 8.42 Å². The van der Waals surface area contributed by atoms with Gasteiger partial charge in [-0.3, -0.25) is 4.68 Å². The molecule has 0 saturated carbocycles. The molecule has 0 unspecified atom stereocenters. The van der Waals surface area contributed by atoms with Gasteiger partial charge in [-0.2, -0.15) is 5.10 Å². The Balaban J connectivity index is 2.13. The van der Waals surface area contributed by atoms with Crippen LogP contribution in [0.4, 0.5) is 0 Å². The minimum atomic E-state index is -3.59. The molecule has 0 aliphatic heterocycles. The monoisotopic (exact) mass is 284 g/mol. The van der Waals surface area contributed by atoms with Crippen LogP contribution in [0.1, 0.15) is 11.4 Å². The molecule has 0 spiro atoms. The van der Waals surface area contributed by atoms with E-state index in [1.165, 1.54) is 12.3 Å². The fraction of sp³-hybridized carbons (Fsp3) is 0.364. The molecule has 0 atom stereocenters. The lowest BCUT2D eigenvalue weighted by Crippen LogP contribution is -2.23. The third kappa shape index (κ3) is 3.03. The predicted molar refractivity (Wildman–Crippen MR) is 68.6 cm³/mol. The van der Waals surface area contributed by atoms with E-state index in [1.54, 1.807) is 35.6 Å². The molecular formula is C11H16N4O3S. The standard InChI is InChI=1S/C11H16N4O3S/c1-14-7-11(5-10(14)8-16)19(17,18)12-6-9-3-4-15(2)13-9/h3-5,7,12,16H,6,8H2,1-2H3. The summed E-state index contributed by atoms with van der Waals surface area (Å²) in [6, 6.07) is 3.19. The van der Waals surface area contributed by atoms with Gasteiger partial charge in [-0.15, -0.1) is 0 Å². The SMILES string of the molecule is Cn1ccc(CNS(=O)(=O)c2cc(CO)n(C)c2)n1. The summed E-state index contributed by atoms with van der Waals surface area (Å²) >= 11 is 0. The molecule has 104 valence electrons. The molecule has 0 aliphatic carbocycles. The Kier molecular flexibility index (Phi) is 3.74. The Morgan fingerprint density at radius 2 is 2.16 bits per heavy atom. The molecule has 0 aliphatic rings. The quantitative estimate of drug-likeness (QED) is 0.791. The fourth-order valence-corrected chi connectivity index (χ4v) is 2.78. The summed E-state index contributed by atoms with van der Waals surface area (Å²) in [6.07, 6.45) is 3.21. The van der Waals surface area contributed by atoms with Crippen LogP contribution >= 0.6 is 0 Å². The lowest BCUT2D eigenvalue weighted by molar-refractivity contribution is 0.272. The normalized spacial score (nSPS) is 11.9. The molecule has 2 rings (SSSR count). The van der Waals surface area contributed by atoms with Gasteiger partial charge in [0, 0.05) is 32.2 Å². The van der Waals surface area contributed by atoms with Gasteiger partial charge in [0.05, 0.1) is 23.7 Å². The van der Waals surface area contributed by atoms with E-state index in [-0.39, 0.29) is 18.0 Å². The van der Waals surface area contributed by atoms with Crippen LogP contribution < -0.4 is 4.72 Å². The molecule has 2 N–H and O–H groups in total. The van der Waals surface area contributed by atoms with Crippen LogP contribution in [-0.4, -0.2) is 27.9 Å². The third-order valence-electron chi connectivity index (χ3n) is 2.77. The van der Waals surface area contributed by atoms with Crippen molar-refractivity contribution in [2.24, 2.45) is 14.1 Å². The van der Waals surface area contributed by atoms with E-state index in [2.05, 4.69) is 9.82 Å². The second kappa shape index (κ2) is 5.16. The van der Waals surface area contributed by atoms with Crippen molar-refractivity contribution in [1.29, 1.82) is 0 Å². The zero-order chi connectivity index (χ0) is 14.0. The number of aryl methyl sites for hydroxylation is 2. The summed E-state index contributed by atoms with van der Waals surface area (Å²) in [5.74, 6) is 0. The summed E-state index contributed by atoms with van der Waals surface area (Å²) in [5, 5.41) is 13.2. The van der Waals surface area contributed by atoms with Gasteiger partial charge >= 0.3 is 0 Å². The van der Waals surface area contributed by atoms with Gasteiger partial charge in [-0.05, 0) is 12.1 Å². The minimum Gasteiger partial charge on any atom is -0.390 e. The van der Waals surface area contributed by atoms with E-state index in [4.69, 9.17) is 5.11 Å². The van der Waals surface area contributed by atoms with Crippen molar-refractivity contribution >= 4 is 10.0 Å². The summed E-state index contributed by atoms with van der Waals surface area (Å²) in [5.41, 5.74) is 1.18. The Morgan fingerprint density at radius 1 is 1.42 bits per heavy atom. The highest BCUT2D eigenvalue weighted by molar-refractivity contribution is 7.89. The van der Waals surface area contributed by atoms with Gasteiger partial charge in [0.25, 0.3) is 0 Å². The molecule has 0 aromatic carbocycles. The first-order valence-corrected chi connectivity index (χ1v) is 7.15. The number of aliphatic hydroxyl groups excluding tert-OH is 1. The zero-order valence-corrected chi connectivity index (χ0v) is 11.6. The number of aliphatic hydroxyl groups is 1. The van der Waals surface area contributed by atoms with Crippen LogP contribution in [-0.2, 0) is 37.3 Å². The summed E-state index contributed by atoms with van der Waals surface area (Å²) in [4.78, 5) is 0.134. The summed E-state index contributed by atoms with van der Waals surface area (Å²) in [6.45, 7) is -0.0706. The van der Waals surface area contributed by atoms with Gasteiger partial charge in [0.2, 0.25) is 10.0 Å². The second-order valence-corrected chi connectivity index (χ2v) is 6.01. The first kappa shape index (κ1) is 13.8. The molecule has 2 aromatic rings. The molecule has 0 bridgehead atoms. The fourth-order valence-electron chi connectivity index (χ4n) is 1.69. The lowest BCUT2D eigenvalue weighted by atomic mass is 10.4. The summed E-state index contributed by atoms with van der Waals surface area (Å²) < 4.78 is 29.8. The van der Waals surface area contributed by atoms with Crippen molar-refractivity contribution in [2.45, 2.75) is 18.0 Å². The van der Waals surface area contributed by atoms with Gasteiger partial charge in [-0.1, -0.05) is 0 Å². The highest BCUT2D eigenvalue weighted by atomic mass is 32.2. The lowest BCUT2D eigenvalue weighted by Gasteiger charge is -2.02. The van der Waals surface area contributed by atoms with E-state index in [0.29, 0.717) is 11.4 Å². The molecule has 0 saturated heterocycles. The molecule has 0 fully saturated rings. The highest BCUT2D eigenvalue weighted by Gasteiger charge is 2.17. The number of hydrogen-bond donors (Lipinski definition) is 2. The van der Waals surface area contributed by atoms with Crippen molar-refractivity contribution in [3.63, 3.8) is 0 Å². The Hall–Kier alpha value is -1.64. The topological polar surface area (TPSA) is 89.1 Å². The first-order valence-electron chi connectivity index (χ1n) is 5.66. The van der Waals surface area contributed by atoms with E-state index < -0.39 is 10.0 Å². The second-order valence-electron chi connectivity index (χ2n) is 4.24. The van der Waals surface area contributed by atoms with Gasteiger partial charge in [-0.25, -0.2) is 13.1 Å². The van der Waals surface area contributed by atoms with Crippen molar-refractivity contribution < 1.29 is 13.5 Å².